The van der Waals surface area contributed by atoms with E-state index in [4.69, 9.17) is 19.3 Å². The molecule has 0 saturated carbocycles. The van der Waals surface area contributed by atoms with Gasteiger partial charge in [-0.25, -0.2) is 0 Å². The van der Waals surface area contributed by atoms with Gasteiger partial charge in [0, 0.05) is 5.56 Å². The first-order chi connectivity index (χ1) is 16.3. The molecule has 0 radical (unpaired) electrons. The zero-order valence-electron chi connectivity index (χ0n) is 18.2. The summed E-state index contributed by atoms with van der Waals surface area (Å²) < 4.78 is 18.6. The summed E-state index contributed by atoms with van der Waals surface area (Å²) in [6, 6.07) is 25.7. The maximum Gasteiger partial charge on any atom is 0.213 e. The number of para-hydroxylation sites is 1. The van der Waals surface area contributed by atoms with Gasteiger partial charge in [-0.15, -0.1) is 10.2 Å². The number of rotatable bonds is 7. The van der Waals surface area contributed by atoms with E-state index >= 15 is 0 Å². The molecule has 33 heavy (non-hydrogen) atoms. The molecule has 2 heterocycles. The summed E-state index contributed by atoms with van der Waals surface area (Å²) in [5, 5.41) is 14.4. The molecule has 8 heteroatoms. The fourth-order valence-corrected chi connectivity index (χ4v) is 4.74. The molecule has 7 nitrogen and oxygen atoms in total. The van der Waals surface area contributed by atoms with Crippen LogP contribution in [0.2, 0.25) is 0 Å². The first-order valence-corrected chi connectivity index (χ1v) is 11.3. The van der Waals surface area contributed by atoms with Crippen LogP contribution in [0.25, 0.3) is 0 Å². The van der Waals surface area contributed by atoms with Crippen LogP contribution in [0.3, 0.4) is 0 Å². The van der Waals surface area contributed by atoms with Gasteiger partial charge in [0.2, 0.25) is 5.16 Å². The zero-order valence-corrected chi connectivity index (χ0v) is 19.0. The van der Waals surface area contributed by atoms with Crippen molar-refractivity contribution in [2.24, 2.45) is 5.10 Å². The molecule has 0 spiro atoms. The lowest BCUT2D eigenvalue weighted by Crippen LogP contribution is -2.19. The molecular weight excluding hydrogens is 436 g/mol. The molecule has 1 aromatic heterocycles. The van der Waals surface area contributed by atoms with E-state index in [9.17, 15) is 0 Å². The second kappa shape index (κ2) is 9.38. The molecule has 0 unspecified atom stereocenters. The first kappa shape index (κ1) is 21.1. The molecule has 0 saturated heterocycles. The van der Waals surface area contributed by atoms with E-state index in [2.05, 4.69) is 22.3 Å². The molecule has 0 aliphatic carbocycles. The molecule has 0 fully saturated rings. The predicted molar refractivity (Wildman–Crippen MR) is 127 cm³/mol. The molecule has 166 valence electrons. The summed E-state index contributed by atoms with van der Waals surface area (Å²) in [5.41, 5.74) is 2.94. The average Bonchev–Trinajstić information content (AvgIpc) is 3.29. The van der Waals surface area contributed by atoms with Crippen LogP contribution in [0, 0.1) is 0 Å². The van der Waals surface area contributed by atoms with Gasteiger partial charge in [0.25, 0.3) is 0 Å². The van der Waals surface area contributed by atoms with Crippen molar-refractivity contribution in [3.8, 4) is 17.2 Å². The Labute approximate surface area is 196 Å². The van der Waals surface area contributed by atoms with Crippen molar-refractivity contribution in [1.82, 2.24) is 14.9 Å². The highest BCUT2D eigenvalue weighted by atomic mass is 32.2. The monoisotopic (exact) mass is 458 g/mol. The van der Waals surface area contributed by atoms with Crippen LogP contribution >= 0.6 is 11.8 Å². The number of thioether (sulfide) groups is 1. The van der Waals surface area contributed by atoms with Crippen LogP contribution in [0.1, 0.15) is 22.2 Å². The average molecular weight is 459 g/mol. The van der Waals surface area contributed by atoms with Gasteiger partial charge < -0.3 is 14.2 Å². The largest absolute Gasteiger partial charge is 0.493 e. The first-order valence-electron chi connectivity index (χ1n) is 10.4. The summed E-state index contributed by atoms with van der Waals surface area (Å²) in [6.07, 6.45) is 0. The third-order valence-electron chi connectivity index (χ3n) is 5.25. The van der Waals surface area contributed by atoms with Crippen LogP contribution in [-0.4, -0.2) is 34.8 Å². The topological polar surface area (TPSA) is 70.8 Å². The summed E-state index contributed by atoms with van der Waals surface area (Å²) in [5.74, 6) is 2.72. The molecular formula is C25H22N4O3S. The lowest BCUT2D eigenvalue weighted by atomic mass is 10.0. The fraction of sp³-hybridized carbons (Fsp3) is 0.160. The van der Waals surface area contributed by atoms with Gasteiger partial charge in [0.15, 0.2) is 17.3 Å². The van der Waals surface area contributed by atoms with Crippen molar-refractivity contribution in [2.45, 2.75) is 17.0 Å². The Bertz CT molecular complexity index is 1280. The van der Waals surface area contributed by atoms with E-state index in [1.807, 2.05) is 66.7 Å². The maximum absolute atomic E-state index is 5.90. The number of fused-ring (bicyclic) bond motifs is 1. The van der Waals surface area contributed by atoms with E-state index in [-0.39, 0.29) is 11.9 Å². The summed E-state index contributed by atoms with van der Waals surface area (Å²) in [6.45, 7) is 0.260. The standard InChI is InChI=1S/C25H22N4O3S/c1-30-20-14-13-18(15-21(20)31-2)23-24(17-9-5-3-6-10-17)33-25-27-26-22(29(25)28-23)16-32-19-11-7-4-8-12-19/h3-15,24H,16H2,1-2H3/t24-/m1/s1. The van der Waals surface area contributed by atoms with Gasteiger partial charge in [-0.05, 0) is 35.9 Å². The predicted octanol–water partition coefficient (Wildman–Crippen LogP) is 4.97. The smallest absolute Gasteiger partial charge is 0.213 e. The highest BCUT2D eigenvalue weighted by molar-refractivity contribution is 8.00. The van der Waals surface area contributed by atoms with Crippen LogP contribution < -0.4 is 14.2 Å². The number of aromatic nitrogens is 3. The summed E-state index contributed by atoms with van der Waals surface area (Å²) >= 11 is 1.61. The second-order valence-corrected chi connectivity index (χ2v) is 8.35. The van der Waals surface area contributed by atoms with E-state index in [0.717, 1.165) is 27.7 Å². The number of methoxy groups -OCH3 is 2. The Morgan fingerprint density at radius 2 is 1.58 bits per heavy atom. The molecule has 5 rings (SSSR count). The van der Waals surface area contributed by atoms with E-state index in [1.165, 1.54) is 0 Å². The lowest BCUT2D eigenvalue weighted by molar-refractivity contribution is 0.290. The van der Waals surface area contributed by atoms with Crippen LogP contribution in [-0.2, 0) is 6.61 Å². The Hall–Kier alpha value is -3.78. The van der Waals surface area contributed by atoms with Gasteiger partial charge in [-0.1, -0.05) is 60.3 Å². The number of hydrogen-bond donors (Lipinski definition) is 0. The number of nitrogens with zero attached hydrogens (tertiary/aromatic N) is 4. The zero-order chi connectivity index (χ0) is 22.6. The number of hydrogen-bond acceptors (Lipinski definition) is 7. The second-order valence-electron chi connectivity index (χ2n) is 7.28. The number of ether oxygens (including phenoxy) is 3. The molecule has 0 amide bonds. The van der Waals surface area contributed by atoms with Crippen molar-refractivity contribution >= 4 is 17.5 Å². The molecule has 3 aromatic carbocycles. The molecule has 4 aromatic rings. The normalized spacial score (nSPS) is 14.8. The van der Waals surface area contributed by atoms with E-state index < -0.39 is 0 Å². The Morgan fingerprint density at radius 1 is 0.848 bits per heavy atom. The van der Waals surface area contributed by atoms with E-state index in [1.54, 1.807) is 30.7 Å². The molecule has 1 aliphatic heterocycles. The lowest BCUT2D eigenvalue weighted by Gasteiger charge is -2.24. The van der Waals surface area contributed by atoms with Crippen LogP contribution in [0.4, 0.5) is 0 Å². The molecule has 0 N–H and O–H groups in total. The Morgan fingerprint density at radius 3 is 2.30 bits per heavy atom. The Balaban J connectivity index is 1.55. The fourth-order valence-electron chi connectivity index (χ4n) is 3.60. The van der Waals surface area contributed by atoms with Crippen molar-refractivity contribution < 1.29 is 14.2 Å². The van der Waals surface area contributed by atoms with Crippen LogP contribution in [0.15, 0.2) is 89.1 Å². The van der Waals surface area contributed by atoms with Gasteiger partial charge in [0.05, 0.1) is 25.2 Å². The minimum absolute atomic E-state index is 0.0520. The SMILES string of the molecule is COc1ccc(C2=Nn3c(COc4ccccc4)nnc3S[C@@H]2c2ccccc2)cc1OC. The van der Waals surface area contributed by atoms with Gasteiger partial charge in [0.1, 0.15) is 12.4 Å². The quantitative estimate of drug-likeness (QED) is 0.389. The summed E-state index contributed by atoms with van der Waals surface area (Å²) in [7, 11) is 3.26. The molecule has 0 bridgehead atoms. The minimum Gasteiger partial charge on any atom is -0.493 e. The van der Waals surface area contributed by atoms with Crippen molar-refractivity contribution in [3.05, 3.63) is 95.8 Å². The highest BCUT2D eigenvalue weighted by Gasteiger charge is 2.30. The van der Waals surface area contributed by atoms with Crippen molar-refractivity contribution in [3.63, 3.8) is 0 Å². The maximum atomic E-state index is 5.90. The van der Waals surface area contributed by atoms with Crippen molar-refractivity contribution in [2.75, 3.05) is 14.2 Å². The molecule has 1 atom stereocenters. The molecule has 1 aliphatic rings. The highest BCUT2D eigenvalue weighted by Crippen LogP contribution is 2.42. The third kappa shape index (κ3) is 4.29. The van der Waals surface area contributed by atoms with Gasteiger partial charge in [-0.3, -0.25) is 0 Å². The van der Waals surface area contributed by atoms with Gasteiger partial charge in [-0.2, -0.15) is 9.78 Å². The third-order valence-corrected chi connectivity index (χ3v) is 6.45. The van der Waals surface area contributed by atoms with Gasteiger partial charge >= 0.3 is 0 Å². The Kier molecular flexibility index (Phi) is 5.99. The van der Waals surface area contributed by atoms with Crippen LogP contribution in [0.5, 0.6) is 17.2 Å². The van der Waals surface area contributed by atoms with E-state index in [0.29, 0.717) is 17.3 Å². The number of benzene rings is 3. The minimum atomic E-state index is -0.0520. The van der Waals surface area contributed by atoms with Crippen molar-refractivity contribution in [1.29, 1.82) is 0 Å². The summed E-state index contributed by atoms with van der Waals surface area (Å²) in [4.78, 5) is 0.